The average molecular weight is 345 g/mol. The van der Waals surface area contributed by atoms with Gasteiger partial charge in [0.05, 0.1) is 35.0 Å². The summed E-state index contributed by atoms with van der Waals surface area (Å²) in [7, 11) is 1.37. The molecule has 1 N–H and O–H groups in total. The van der Waals surface area contributed by atoms with Crippen molar-refractivity contribution in [3.63, 3.8) is 0 Å². The summed E-state index contributed by atoms with van der Waals surface area (Å²) in [5.41, 5.74) is 2.41. The Morgan fingerprint density at radius 2 is 2.19 bits per heavy atom. The van der Waals surface area contributed by atoms with Crippen LogP contribution in [0.4, 0.5) is 10.8 Å². The lowest BCUT2D eigenvalue weighted by molar-refractivity contribution is -0.140. The highest BCUT2D eigenvalue weighted by molar-refractivity contribution is 7.13. The first-order valence-corrected chi connectivity index (χ1v) is 7.87. The molecular formula is C14H14Cl2N2O2S. The third-order valence-corrected chi connectivity index (χ3v) is 4.49. The molecule has 0 spiro atoms. The van der Waals surface area contributed by atoms with E-state index in [-0.39, 0.29) is 5.97 Å². The second-order valence-electron chi connectivity index (χ2n) is 4.40. The van der Waals surface area contributed by atoms with Gasteiger partial charge in [-0.25, -0.2) is 4.98 Å². The summed E-state index contributed by atoms with van der Waals surface area (Å²) in [6, 6.07) is 3.65. The lowest BCUT2D eigenvalue weighted by Crippen LogP contribution is -2.02. The van der Waals surface area contributed by atoms with Gasteiger partial charge in [-0.3, -0.25) is 4.79 Å². The van der Waals surface area contributed by atoms with Gasteiger partial charge < -0.3 is 10.1 Å². The van der Waals surface area contributed by atoms with Crippen LogP contribution in [0.1, 0.15) is 17.7 Å². The van der Waals surface area contributed by atoms with Gasteiger partial charge in [0.25, 0.3) is 0 Å². The number of nitrogens with zero attached hydrogens (tertiary/aromatic N) is 1. The second kappa shape index (κ2) is 7.11. The number of carbonyl (C=O) groups is 1. The molecule has 0 aliphatic heterocycles. The number of methoxy groups -OCH3 is 1. The maximum Gasteiger partial charge on any atom is 0.305 e. The minimum atomic E-state index is -0.248. The molecule has 21 heavy (non-hydrogen) atoms. The van der Waals surface area contributed by atoms with Crippen molar-refractivity contribution >= 4 is 51.3 Å². The quantitative estimate of drug-likeness (QED) is 0.804. The van der Waals surface area contributed by atoms with Crippen LogP contribution < -0.4 is 5.32 Å². The number of thiazole rings is 1. The zero-order valence-electron chi connectivity index (χ0n) is 11.6. The Morgan fingerprint density at radius 3 is 2.90 bits per heavy atom. The number of nitrogens with one attached hydrogen (secondary N) is 1. The van der Waals surface area contributed by atoms with Crippen LogP contribution in [0.2, 0.25) is 10.0 Å². The van der Waals surface area contributed by atoms with E-state index < -0.39 is 0 Å². The Morgan fingerprint density at radius 1 is 1.43 bits per heavy atom. The number of hydrogen-bond donors (Lipinski definition) is 1. The highest BCUT2D eigenvalue weighted by atomic mass is 35.5. The number of hydrogen-bond acceptors (Lipinski definition) is 5. The van der Waals surface area contributed by atoms with E-state index in [1.165, 1.54) is 18.4 Å². The Kier molecular flexibility index (Phi) is 5.45. The van der Waals surface area contributed by atoms with Gasteiger partial charge >= 0.3 is 5.97 Å². The largest absolute Gasteiger partial charge is 0.469 e. The number of carbonyl (C=O) groups excluding carboxylic acids is 1. The van der Waals surface area contributed by atoms with E-state index in [0.29, 0.717) is 33.7 Å². The summed E-state index contributed by atoms with van der Waals surface area (Å²) in [5.74, 6) is -0.248. The van der Waals surface area contributed by atoms with Crippen molar-refractivity contribution in [1.29, 1.82) is 0 Å². The van der Waals surface area contributed by atoms with Gasteiger partial charge in [0, 0.05) is 11.8 Å². The molecule has 0 unspecified atom stereocenters. The van der Waals surface area contributed by atoms with Gasteiger partial charge in [0.15, 0.2) is 5.13 Å². The maximum atomic E-state index is 11.1. The summed E-state index contributed by atoms with van der Waals surface area (Å²) in [4.78, 5) is 15.5. The third-order valence-electron chi connectivity index (χ3n) is 2.88. The lowest BCUT2D eigenvalue weighted by Gasteiger charge is -2.09. The normalized spacial score (nSPS) is 10.5. The van der Waals surface area contributed by atoms with Gasteiger partial charge in [-0.1, -0.05) is 29.3 Å². The van der Waals surface area contributed by atoms with E-state index in [4.69, 9.17) is 23.2 Å². The van der Waals surface area contributed by atoms with Crippen molar-refractivity contribution in [2.45, 2.75) is 19.8 Å². The number of benzene rings is 1. The molecule has 112 valence electrons. The number of aryl methyl sites for hydroxylation is 2. The van der Waals surface area contributed by atoms with E-state index in [9.17, 15) is 4.79 Å². The monoisotopic (exact) mass is 344 g/mol. The maximum absolute atomic E-state index is 11.1. The van der Waals surface area contributed by atoms with Crippen LogP contribution in [0.3, 0.4) is 0 Å². The van der Waals surface area contributed by atoms with Gasteiger partial charge in [0.1, 0.15) is 0 Å². The van der Waals surface area contributed by atoms with Crippen LogP contribution >= 0.6 is 34.5 Å². The molecule has 0 amide bonds. The summed E-state index contributed by atoms with van der Waals surface area (Å²) in [6.07, 6.45) is 0.853. The fraction of sp³-hybridized carbons (Fsp3) is 0.286. The van der Waals surface area contributed by atoms with Crippen molar-refractivity contribution in [2.75, 3.05) is 12.4 Å². The molecule has 0 saturated carbocycles. The molecule has 2 rings (SSSR count). The van der Waals surface area contributed by atoms with Crippen LogP contribution in [-0.4, -0.2) is 18.1 Å². The Labute approximate surface area is 137 Å². The Bertz CT molecular complexity index is 658. The second-order valence-corrected chi connectivity index (χ2v) is 6.04. The first-order chi connectivity index (χ1) is 10.0. The zero-order valence-corrected chi connectivity index (χ0v) is 13.9. The number of esters is 1. The van der Waals surface area contributed by atoms with Crippen molar-refractivity contribution in [2.24, 2.45) is 0 Å². The molecule has 1 aromatic heterocycles. The third kappa shape index (κ3) is 4.09. The Hall–Kier alpha value is -1.30. The zero-order chi connectivity index (χ0) is 15.4. The predicted molar refractivity (Wildman–Crippen MR) is 86.9 cm³/mol. The SMILES string of the molecule is COC(=O)CCc1csc(Nc2c(Cl)ccc(C)c2Cl)n1. The predicted octanol–water partition coefficient (Wildman–Crippen LogP) is 4.61. The fourth-order valence-electron chi connectivity index (χ4n) is 1.69. The molecule has 2 aromatic rings. The molecular weight excluding hydrogens is 331 g/mol. The molecule has 1 aromatic carbocycles. The van der Waals surface area contributed by atoms with Crippen LogP contribution in [0.15, 0.2) is 17.5 Å². The summed E-state index contributed by atoms with van der Waals surface area (Å²) < 4.78 is 4.61. The molecule has 0 aliphatic carbocycles. The molecule has 0 fully saturated rings. The first kappa shape index (κ1) is 16.1. The van der Waals surface area contributed by atoms with Crippen LogP contribution in [0, 0.1) is 6.92 Å². The van der Waals surface area contributed by atoms with Crippen molar-refractivity contribution in [1.82, 2.24) is 4.98 Å². The highest BCUT2D eigenvalue weighted by Crippen LogP contribution is 2.35. The summed E-state index contributed by atoms with van der Waals surface area (Å²) in [5, 5.41) is 6.82. The highest BCUT2D eigenvalue weighted by Gasteiger charge is 2.11. The topological polar surface area (TPSA) is 51.2 Å². The van der Waals surface area contributed by atoms with E-state index in [1.807, 2.05) is 18.4 Å². The summed E-state index contributed by atoms with van der Waals surface area (Å²) in [6.45, 7) is 1.91. The molecule has 0 bridgehead atoms. The molecule has 4 nitrogen and oxygen atoms in total. The molecule has 0 radical (unpaired) electrons. The van der Waals surface area contributed by atoms with E-state index in [0.717, 1.165) is 11.3 Å². The van der Waals surface area contributed by atoms with E-state index >= 15 is 0 Å². The number of aromatic nitrogens is 1. The number of ether oxygens (including phenoxy) is 1. The molecule has 0 atom stereocenters. The van der Waals surface area contributed by atoms with E-state index in [1.54, 1.807) is 6.07 Å². The van der Waals surface area contributed by atoms with Gasteiger partial charge in [-0.05, 0) is 18.6 Å². The minimum Gasteiger partial charge on any atom is -0.469 e. The smallest absolute Gasteiger partial charge is 0.305 e. The van der Waals surface area contributed by atoms with Crippen LogP contribution in [0.5, 0.6) is 0 Å². The van der Waals surface area contributed by atoms with Crippen molar-refractivity contribution in [3.05, 3.63) is 38.8 Å². The van der Waals surface area contributed by atoms with Crippen molar-refractivity contribution in [3.8, 4) is 0 Å². The summed E-state index contributed by atoms with van der Waals surface area (Å²) >= 11 is 13.8. The average Bonchev–Trinajstić information content (AvgIpc) is 2.93. The minimum absolute atomic E-state index is 0.248. The van der Waals surface area contributed by atoms with Crippen LogP contribution in [0.25, 0.3) is 0 Å². The Balaban J connectivity index is 2.09. The lowest BCUT2D eigenvalue weighted by atomic mass is 10.2. The standard InChI is InChI=1S/C14H14Cl2N2O2S/c1-8-3-5-10(15)13(12(8)16)18-14-17-9(7-21-14)4-6-11(19)20-2/h3,5,7H,4,6H2,1-2H3,(H,17,18). The van der Waals surface area contributed by atoms with Crippen molar-refractivity contribution < 1.29 is 9.53 Å². The van der Waals surface area contributed by atoms with Gasteiger partial charge in [-0.2, -0.15) is 0 Å². The number of anilines is 2. The number of halogens is 2. The van der Waals surface area contributed by atoms with Crippen LogP contribution in [-0.2, 0) is 16.0 Å². The number of rotatable bonds is 5. The van der Waals surface area contributed by atoms with E-state index in [2.05, 4.69) is 15.0 Å². The molecule has 1 heterocycles. The molecule has 0 aliphatic rings. The molecule has 0 saturated heterocycles. The fourth-order valence-corrected chi connectivity index (χ4v) is 2.90. The van der Waals surface area contributed by atoms with Gasteiger partial charge in [-0.15, -0.1) is 11.3 Å². The first-order valence-electron chi connectivity index (χ1n) is 6.24. The molecule has 7 heteroatoms. The van der Waals surface area contributed by atoms with Gasteiger partial charge in [0.2, 0.25) is 0 Å².